The van der Waals surface area contributed by atoms with Crippen molar-refractivity contribution in [3.8, 4) is 0 Å². The quantitative estimate of drug-likeness (QED) is 0.837. The van der Waals surface area contributed by atoms with Gasteiger partial charge in [-0.2, -0.15) is 0 Å². The third-order valence-corrected chi connectivity index (χ3v) is 4.43. The van der Waals surface area contributed by atoms with Gasteiger partial charge in [-0.1, -0.05) is 40.2 Å². The minimum atomic E-state index is -0.551. The van der Waals surface area contributed by atoms with E-state index in [9.17, 15) is 9.18 Å². The number of hydrogen-bond acceptors (Lipinski definition) is 2. The van der Waals surface area contributed by atoms with E-state index in [0.717, 1.165) is 22.0 Å². The van der Waals surface area contributed by atoms with Gasteiger partial charge >= 0.3 is 0 Å². The number of halogens is 2. The maximum atomic E-state index is 13.3. The zero-order chi connectivity index (χ0) is 14.8. The second kappa shape index (κ2) is 6.08. The van der Waals surface area contributed by atoms with Crippen LogP contribution in [-0.2, 0) is 22.4 Å². The van der Waals surface area contributed by atoms with E-state index in [1.807, 2.05) is 24.3 Å². The van der Waals surface area contributed by atoms with Crippen LogP contribution in [0.25, 0.3) is 0 Å². The first-order valence-corrected chi connectivity index (χ1v) is 7.60. The highest BCUT2D eigenvalue weighted by Gasteiger charge is 2.27. The third kappa shape index (κ3) is 3.06. The van der Waals surface area contributed by atoms with Crippen molar-refractivity contribution in [3.05, 3.63) is 69.4 Å². The summed E-state index contributed by atoms with van der Waals surface area (Å²) < 4.78 is 19.7. The van der Waals surface area contributed by atoms with Gasteiger partial charge in [-0.3, -0.25) is 4.79 Å². The first-order valence-electron chi connectivity index (χ1n) is 6.81. The topological polar surface area (TPSA) is 26.3 Å². The number of fused-ring (bicyclic) bond motifs is 1. The molecule has 0 aromatic heterocycles. The predicted octanol–water partition coefficient (Wildman–Crippen LogP) is 4.01. The van der Waals surface area contributed by atoms with E-state index in [1.165, 1.54) is 12.1 Å². The molecule has 4 heteroatoms. The fourth-order valence-corrected chi connectivity index (χ4v) is 3.01. The van der Waals surface area contributed by atoms with Gasteiger partial charge in [0.05, 0.1) is 6.61 Å². The molecular formula is C17H14BrFO2. The van der Waals surface area contributed by atoms with E-state index < -0.39 is 6.10 Å². The van der Waals surface area contributed by atoms with Crippen molar-refractivity contribution in [2.45, 2.75) is 18.9 Å². The average molecular weight is 349 g/mol. The van der Waals surface area contributed by atoms with Crippen molar-refractivity contribution < 1.29 is 13.9 Å². The molecule has 1 unspecified atom stereocenters. The first kappa shape index (κ1) is 14.4. The third-order valence-electron chi connectivity index (χ3n) is 3.66. The van der Waals surface area contributed by atoms with Crippen LogP contribution in [0.1, 0.15) is 22.8 Å². The average Bonchev–Trinajstić information content (AvgIpc) is 2.50. The normalized spacial score (nSPS) is 17.3. The Labute approximate surface area is 131 Å². The number of hydrogen-bond donors (Lipinski definition) is 0. The van der Waals surface area contributed by atoms with Gasteiger partial charge in [0.25, 0.3) is 0 Å². The van der Waals surface area contributed by atoms with Gasteiger partial charge in [0, 0.05) is 10.9 Å². The molecule has 108 valence electrons. The molecule has 0 saturated heterocycles. The Morgan fingerprint density at radius 3 is 2.95 bits per heavy atom. The van der Waals surface area contributed by atoms with Gasteiger partial charge in [0.2, 0.25) is 0 Å². The summed E-state index contributed by atoms with van der Waals surface area (Å²) >= 11 is 3.35. The molecule has 0 spiro atoms. The Kier molecular flexibility index (Phi) is 4.17. The second-order valence-corrected chi connectivity index (χ2v) is 5.93. The maximum absolute atomic E-state index is 13.3. The predicted molar refractivity (Wildman–Crippen MR) is 81.7 cm³/mol. The minimum absolute atomic E-state index is 0.0477. The molecule has 2 aromatic rings. The van der Waals surface area contributed by atoms with Crippen molar-refractivity contribution in [3.63, 3.8) is 0 Å². The van der Waals surface area contributed by atoms with E-state index >= 15 is 0 Å². The largest absolute Gasteiger partial charge is 0.365 e. The summed E-state index contributed by atoms with van der Waals surface area (Å²) in [6.07, 6.45) is 0.422. The molecule has 3 rings (SSSR count). The SMILES string of the molecule is O=C(Cc1cc(F)ccc1Br)C1OCCc2ccccc21. The highest BCUT2D eigenvalue weighted by Crippen LogP contribution is 2.29. The lowest BCUT2D eigenvalue weighted by Crippen LogP contribution is -2.24. The van der Waals surface area contributed by atoms with Crippen LogP contribution in [0.5, 0.6) is 0 Å². The zero-order valence-corrected chi connectivity index (χ0v) is 12.9. The molecule has 1 atom stereocenters. The van der Waals surface area contributed by atoms with E-state index in [4.69, 9.17) is 4.74 Å². The van der Waals surface area contributed by atoms with Crippen LogP contribution >= 0.6 is 15.9 Å². The summed E-state index contributed by atoms with van der Waals surface area (Å²) in [5.74, 6) is -0.389. The summed E-state index contributed by atoms with van der Waals surface area (Å²) in [5, 5.41) is 0. The van der Waals surface area contributed by atoms with Gasteiger partial charge < -0.3 is 4.74 Å². The lowest BCUT2D eigenvalue weighted by Gasteiger charge is -2.25. The van der Waals surface area contributed by atoms with Crippen LogP contribution in [0.4, 0.5) is 4.39 Å². The number of rotatable bonds is 3. The van der Waals surface area contributed by atoms with Crippen molar-refractivity contribution in [2.75, 3.05) is 6.61 Å². The van der Waals surface area contributed by atoms with Crippen LogP contribution in [0.15, 0.2) is 46.9 Å². The lowest BCUT2D eigenvalue weighted by molar-refractivity contribution is -0.131. The zero-order valence-electron chi connectivity index (χ0n) is 11.3. The van der Waals surface area contributed by atoms with Gasteiger partial charge in [-0.05, 0) is 41.3 Å². The van der Waals surface area contributed by atoms with Crippen LogP contribution in [0.3, 0.4) is 0 Å². The molecular weight excluding hydrogens is 335 g/mol. The van der Waals surface area contributed by atoms with Gasteiger partial charge in [0.1, 0.15) is 11.9 Å². The number of ether oxygens (including phenoxy) is 1. The minimum Gasteiger partial charge on any atom is -0.365 e. The molecule has 0 N–H and O–H groups in total. The number of benzene rings is 2. The molecule has 2 aromatic carbocycles. The van der Waals surface area contributed by atoms with Crippen LogP contribution in [0.2, 0.25) is 0 Å². The fourth-order valence-electron chi connectivity index (χ4n) is 2.62. The van der Waals surface area contributed by atoms with Gasteiger partial charge in [0.15, 0.2) is 5.78 Å². The monoisotopic (exact) mass is 348 g/mol. The van der Waals surface area contributed by atoms with Crippen LogP contribution in [-0.4, -0.2) is 12.4 Å². The van der Waals surface area contributed by atoms with Crippen molar-refractivity contribution in [1.82, 2.24) is 0 Å². The molecule has 0 aliphatic carbocycles. The second-order valence-electron chi connectivity index (χ2n) is 5.08. The van der Waals surface area contributed by atoms with Gasteiger partial charge in [-0.25, -0.2) is 4.39 Å². The molecule has 1 heterocycles. The molecule has 1 aliphatic heterocycles. The smallest absolute Gasteiger partial charge is 0.170 e. The van der Waals surface area contributed by atoms with Crippen LogP contribution < -0.4 is 0 Å². The molecule has 0 saturated carbocycles. The van der Waals surface area contributed by atoms with E-state index in [1.54, 1.807) is 6.07 Å². The number of carbonyl (C=O) groups excluding carboxylic acids is 1. The Bertz CT molecular complexity index is 684. The number of Topliss-reactive ketones (excluding diaryl/α,β-unsaturated/α-hetero) is 1. The number of ketones is 1. The molecule has 0 amide bonds. The van der Waals surface area contributed by atoms with Crippen LogP contribution in [0, 0.1) is 5.82 Å². The fraction of sp³-hybridized carbons (Fsp3) is 0.235. The lowest BCUT2D eigenvalue weighted by atomic mass is 9.93. The Morgan fingerprint density at radius 2 is 2.10 bits per heavy atom. The maximum Gasteiger partial charge on any atom is 0.170 e. The first-order chi connectivity index (χ1) is 10.1. The highest BCUT2D eigenvalue weighted by atomic mass is 79.9. The molecule has 0 fully saturated rings. The Morgan fingerprint density at radius 1 is 1.29 bits per heavy atom. The summed E-state index contributed by atoms with van der Waals surface area (Å²) in [5.41, 5.74) is 2.73. The standard InChI is InChI=1S/C17H14BrFO2/c18-15-6-5-13(19)9-12(15)10-16(20)17-14-4-2-1-3-11(14)7-8-21-17/h1-6,9,17H,7-8,10H2. The van der Waals surface area contributed by atoms with Crippen molar-refractivity contribution >= 4 is 21.7 Å². The molecule has 1 aliphatic rings. The Balaban J connectivity index is 1.85. The van der Waals surface area contributed by atoms with E-state index in [2.05, 4.69) is 15.9 Å². The van der Waals surface area contributed by atoms with Gasteiger partial charge in [-0.15, -0.1) is 0 Å². The summed E-state index contributed by atoms with van der Waals surface area (Å²) in [6.45, 7) is 0.539. The summed E-state index contributed by atoms with van der Waals surface area (Å²) in [6, 6.07) is 12.2. The summed E-state index contributed by atoms with van der Waals surface area (Å²) in [7, 11) is 0. The number of carbonyl (C=O) groups is 1. The highest BCUT2D eigenvalue weighted by molar-refractivity contribution is 9.10. The molecule has 2 nitrogen and oxygen atoms in total. The summed E-state index contributed by atoms with van der Waals surface area (Å²) in [4.78, 5) is 12.5. The molecule has 0 radical (unpaired) electrons. The van der Waals surface area contributed by atoms with Crippen molar-refractivity contribution in [2.24, 2.45) is 0 Å². The molecule has 21 heavy (non-hydrogen) atoms. The van der Waals surface area contributed by atoms with E-state index in [-0.39, 0.29) is 18.0 Å². The molecule has 0 bridgehead atoms. The van der Waals surface area contributed by atoms with Crippen molar-refractivity contribution in [1.29, 1.82) is 0 Å². The van der Waals surface area contributed by atoms with E-state index in [0.29, 0.717) is 12.2 Å². The Hall–Kier alpha value is -1.52.